The van der Waals surface area contributed by atoms with Crippen LogP contribution in [0, 0.1) is 5.92 Å². The van der Waals surface area contributed by atoms with Gasteiger partial charge < -0.3 is 9.84 Å². The van der Waals surface area contributed by atoms with Gasteiger partial charge in [-0.3, -0.25) is 4.79 Å². The second kappa shape index (κ2) is 5.79. The van der Waals surface area contributed by atoms with Crippen LogP contribution < -0.4 is 0 Å². The van der Waals surface area contributed by atoms with E-state index in [1.807, 2.05) is 0 Å². The first-order valence-electron chi connectivity index (χ1n) is 5.62. The van der Waals surface area contributed by atoms with Crippen LogP contribution in [0.1, 0.15) is 20.3 Å². The molecule has 1 atom stereocenters. The van der Waals surface area contributed by atoms with Gasteiger partial charge in [-0.15, -0.1) is 0 Å². The van der Waals surface area contributed by atoms with Gasteiger partial charge in [0, 0.05) is 12.6 Å². The van der Waals surface area contributed by atoms with Crippen LogP contribution in [0.2, 0.25) is 0 Å². The Kier molecular flexibility index (Phi) is 4.91. The summed E-state index contributed by atoms with van der Waals surface area (Å²) >= 11 is 0. The minimum Gasteiger partial charge on any atom is -0.480 e. The number of carboxylic acids is 1. The second-order valence-corrected chi connectivity index (χ2v) is 6.51. The maximum atomic E-state index is 12.1. The van der Waals surface area contributed by atoms with Crippen LogP contribution in [-0.4, -0.2) is 55.4 Å². The number of rotatable bonds is 6. The molecule has 1 rings (SSSR count). The van der Waals surface area contributed by atoms with Crippen molar-refractivity contribution < 1.29 is 23.1 Å². The Bertz CT molecular complexity index is 359. The molecule has 1 heterocycles. The fourth-order valence-corrected chi connectivity index (χ4v) is 3.84. The van der Waals surface area contributed by atoms with E-state index in [0.717, 1.165) is 10.7 Å². The highest BCUT2D eigenvalue weighted by molar-refractivity contribution is 7.89. The Morgan fingerprint density at radius 3 is 2.59 bits per heavy atom. The summed E-state index contributed by atoms with van der Waals surface area (Å²) in [4.78, 5) is 10.7. The molecule has 0 aliphatic carbocycles. The van der Waals surface area contributed by atoms with Gasteiger partial charge in [0.15, 0.2) is 0 Å². The zero-order chi connectivity index (χ0) is 13.1. The Morgan fingerprint density at radius 2 is 2.18 bits per heavy atom. The fourth-order valence-electron chi connectivity index (χ4n) is 1.84. The number of nitrogens with zero attached hydrogens (tertiary/aromatic N) is 1. The molecule has 0 aromatic rings. The van der Waals surface area contributed by atoms with Crippen LogP contribution in [0.5, 0.6) is 0 Å². The van der Waals surface area contributed by atoms with Crippen LogP contribution in [-0.2, 0) is 19.6 Å². The molecule has 6 nitrogen and oxygen atoms in total. The van der Waals surface area contributed by atoms with E-state index < -0.39 is 22.5 Å². The number of aliphatic carboxylic acids is 1. The van der Waals surface area contributed by atoms with Crippen molar-refractivity contribution in [2.24, 2.45) is 5.92 Å². The molecule has 0 saturated carbocycles. The minimum atomic E-state index is -3.53. The third-order valence-electron chi connectivity index (χ3n) is 2.69. The van der Waals surface area contributed by atoms with E-state index in [1.165, 1.54) is 0 Å². The van der Waals surface area contributed by atoms with Crippen molar-refractivity contribution >= 4 is 16.0 Å². The smallest absolute Gasteiger partial charge is 0.318 e. The number of carboxylic acid groups (broad SMARTS) is 1. The summed E-state index contributed by atoms with van der Waals surface area (Å²) in [6, 6.07) is -0.349. The van der Waals surface area contributed by atoms with Gasteiger partial charge in [0.1, 0.15) is 6.54 Å². The molecule has 1 saturated heterocycles. The molecule has 0 aromatic carbocycles. The highest BCUT2D eigenvalue weighted by atomic mass is 32.2. The monoisotopic (exact) mass is 265 g/mol. The van der Waals surface area contributed by atoms with E-state index in [-0.39, 0.29) is 17.7 Å². The van der Waals surface area contributed by atoms with Crippen molar-refractivity contribution in [3.05, 3.63) is 0 Å². The molecule has 1 N–H and O–H groups in total. The molecule has 100 valence electrons. The Morgan fingerprint density at radius 1 is 1.53 bits per heavy atom. The van der Waals surface area contributed by atoms with Crippen molar-refractivity contribution in [3.63, 3.8) is 0 Å². The van der Waals surface area contributed by atoms with Crippen molar-refractivity contribution in [1.29, 1.82) is 0 Å². The normalized spacial score (nSPS) is 21.3. The summed E-state index contributed by atoms with van der Waals surface area (Å²) < 4.78 is 30.3. The zero-order valence-corrected chi connectivity index (χ0v) is 10.9. The Balaban J connectivity index is 2.72. The molecule has 0 bridgehead atoms. The highest BCUT2D eigenvalue weighted by Gasteiger charge is 2.31. The van der Waals surface area contributed by atoms with E-state index >= 15 is 0 Å². The Labute approximate surface area is 102 Å². The molecule has 0 amide bonds. The fraction of sp³-hybridized carbons (Fsp3) is 0.900. The van der Waals surface area contributed by atoms with E-state index in [4.69, 9.17) is 9.84 Å². The average Bonchev–Trinajstić information content (AvgIpc) is 2.65. The molecule has 1 aliphatic rings. The molecule has 0 spiro atoms. The molecular formula is C10H19NO5S. The molecular weight excluding hydrogens is 246 g/mol. The van der Waals surface area contributed by atoms with Crippen LogP contribution in [0.3, 0.4) is 0 Å². The number of ether oxygens (including phenoxy) is 1. The molecule has 17 heavy (non-hydrogen) atoms. The summed E-state index contributed by atoms with van der Waals surface area (Å²) in [6.45, 7) is 3.89. The number of carbonyl (C=O) groups is 1. The maximum Gasteiger partial charge on any atom is 0.318 e. The topological polar surface area (TPSA) is 83.9 Å². The number of hydrogen-bond donors (Lipinski definition) is 1. The first-order valence-corrected chi connectivity index (χ1v) is 7.23. The van der Waals surface area contributed by atoms with E-state index in [0.29, 0.717) is 13.2 Å². The van der Waals surface area contributed by atoms with Crippen molar-refractivity contribution in [2.45, 2.75) is 26.3 Å². The largest absolute Gasteiger partial charge is 0.480 e. The number of sulfonamides is 1. The van der Waals surface area contributed by atoms with Crippen molar-refractivity contribution in [1.82, 2.24) is 4.31 Å². The maximum absolute atomic E-state index is 12.1. The predicted octanol–water partition coefficient (Wildman–Crippen LogP) is 0.148. The molecule has 0 radical (unpaired) electrons. The van der Waals surface area contributed by atoms with E-state index in [9.17, 15) is 13.2 Å². The van der Waals surface area contributed by atoms with Gasteiger partial charge in [-0.1, -0.05) is 0 Å². The molecule has 1 fully saturated rings. The summed E-state index contributed by atoms with van der Waals surface area (Å²) in [5, 5.41) is 8.73. The highest BCUT2D eigenvalue weighted by Crippen LogP contribution is 2.18. The number of hydrogen-bond acceptors (Lipinski definition) is 4. The quantitative estimate of drug-likeness (QED) is 0.739. The van der Waals surface area contributed by atoms with E-state index in [2.05, 4.69) is 0 Å². The lowest BCUT2D eigenvalue weighted by Crippen LogP contribution is -2.43. The van der Waals surface area contributed by atoms with Crippen LogP contribution >= 0.6 is 0 Å². The van der Waals surface area contributed by atoms with Crippen molar-refractivity contribution in [3.8, 4) is 0 Å². The van der Waals surface area contributed by atoms with Gasteiger partial charge >= 0.3 is 5.97 Å². The lowest BCUT2D eigenvalue weighted by molar-refractivity contribution is -0.137. The van der Waals surface area contributed by atoms with Crippen LogP contribution in [0.15, 0.2) is 0 Å². The van der Waals surface area contributed by atoms with Gasteiger partial charge in [0.25, 0.3) is 0 Å². The van der Waals surface area contributed by atoms with Crippen LogP contribution in [0.25, 0.3) is 0 Å². The van der Waals surface area contributed by atoms with Crippen molar-refractivity contribution in [2.75, 3.05) is 25.5 Å². The first kappa shape index (κ1) is 14.4. The summed E-state index contributed by atoms with van der Waals surface area (Å²) in [5.74, 6) is -1.18. The molecule has 7 heteroatoms. The third kappa shape index (κ3) is 4.25. The van der Waals surface area contributed by atoms with Gasteiger partial charge in [0.05, 0.1) is 12.4 Å². The lowest BCUT2D eigenvalue weighted by Gasteiger charge is -2.25. The molecule has 1 unspecified atom stereocenters. The van der Waals surface area contributed by atoms with Gasteiger partial charge in [-0.2, -0.15) is 4.31 Å². The zero-order valence-electron chi connectivity index (χ0n) is 10.1. The van der Waals surface area contributed by atoms with E-state index in [1.54, 1.807) is 13.8 Å². The van der Waals surface area contributed by atoms with Gasteiger partial charge in [-0.05, 0) is 26.2 Å². The third-order valence-corrected chi connectivity index (χ3v) is 4.85. The summed E-state index contributed by atoms with van der Waals surface area (Å²) in [7, 11) is -3.53. The Hall–Kier alpha value is -0.660. The minimum absolute atomic E-state index is 0.0185. The predicted molar refractivity (Wildman–Crippen MR) is 62.2 cm³/mol. The summed E-state index contributed by atoms with van der Waals surface area (Å²) in [6.07, 6.45) is 0.720. The molecule has 0 aromatic heterocycles. The molecule has 1 aliphatic heterocycles. The van der Waals surface area contributed by atoms with Crippen LogP contribution in [0.4, 0.5) is 0 Å². The second-order valence-electron chi connectivity index (χ2n) is 4.54. The first-order chi connectivity index (χ1) is 7.83. The summed E-state index contributed by atoms with van der Waals surface area (Å²) in [5.41, 5.74) is 0. The lowest BCUT2D eigenvalue weighted by atomic mass is 10.2. The average molecular weight is 265 g/mol. The standard InChI is InChI=1S/C10H19NO5S/c1-8(2)11(5-10(12)13)17(14,15)7-9-3-4-16-6-9/h8-9H,3-7H2,1-2H3,(H,12,13). The SMILES string of the molecule is CC(C)N(CC(=O)O)S(=O)(=O)CC1CCOC1. The van der Waals surface area contributed by atoms with Gasteiger partial charge in [0.2, 0.25) is 10.0 Å². The van der Waals surface area contributed by atoms with Gasteiger partial charge in [-0.25, -0.2) is 8.42 Å².